The molecule has 2 N–H and O–H groups in total. The van der Waals surface area contributed by atoms with Crippen LogP contribution in [-0.4, -0.2) is 11.0 Å². The van der Waals surface area contributed by atoms with Gasteiger partial charge in [0.1, 0.15) is 0 Å². The average molecular weight is 370 g/mol. The van der Waals surface area contributed by atoms with E-state index in [2.05, 4.69) is 10.6 Å². The van der Waals surface area contributed by atoms with Gasteiger partial charge in [0, 0.05) is 11.1 Å². The van der Waals surface area contributed by atoms with E-state index in [9.17, 15) is 4.79 Å². The third-order valence-corrected chi connectivity index (χ3v) is 4.73. The number of hydrogen-bond donors (Lipinski definition) is 2. The summed E-state index contributed by atoms with van der Waals surface area (Å²) in [7, 11) is 0. The number of rotatable bonds is 3. The van der Waals surface area contributed by atoms with Crippen LogP contribution >= 0.6 is 12.2 Å². The van der Waals surface area contributed by atoms with E-state index < -0.39 is 0 Å². The van der Waals surface area contributed by atoms with Gasteiger partial charge in [0.25, 0.3) is 0 Å². The molecule has 0 aliphatic rings. The number of amides is 1. The molecular formula is C23H18N2OS. The standard InChI is InChI=1S/C23H18N2OS/c26-22(15-18-11-5-9-16-7-1-3-12-19(16)18)25-23(27)24-21-14-6-10-17-8-2-4-13-20(17)21/h1-14H,15H2,(H2,24,25,26,27). The lowest BCUT2D eigenvalue weighted by Gasteiger charge is -2.12. The summed E-state index contributed by atoms with van der Waals surface area (Å²) >= 11 is 5.34. The predicted octanol–water partition coefficient (Wildman–Crippen LogP) is 5.05. The molecule has 1 amide bonds. The molecule has 4 aromatic carbocycles. The second kappa shape index (κ2) is 7.56. The van der Waals surface area contributed by atoms with Crippen molar-refractivity contribution in [1.82, 2.24) is 5.32 Å². The minimum absolute atomic E-state index is 0.135. The molecule has 0 aliphatic heterocycles. The van der Waals surface area contributed by atoms with E-state index in [1.807, 2.05) is 84.9 Å². The summed E-state index contributed by atoms with van der Waals surface area (Å²) in [6.45, 7) is 0. The topological polar surface area (TPSA) is 41.1 Å². The first-order valence-electron chi connectivity index (χ1n) is 8.76. The SMILES string of the molecule is O=C(Cc1cccc2ccccc12)NC(=S)Nc1cccc2ccccc12. The number of nitrogens with one attached hydrogen (secondary N) is 2. The van der Waals surface area contributed by atoms with Crippen LogP contribution in [0.1, 0.15) is 5.56 Å². The molecule has 0 saturated heterocycles. The fourth-order valence-electron chi connectivity index (χ4n) is 3.28. The van der Waals surface area contributed by atoms with Crippen molar-refractivity contribution in [3.05, 3.63) is 90.5 Å². The molecule has 4 aromatic rings. The molecule has 0 saturated carbocycles. The molecule has 0 aromatic heterocycles. The Morgan fingerprint density at radius 2 is 1.33 bits per heavy atom. The molecule has 27 heavy (non-hydrogen) atoms. The zero-order valence-corrected chi connectivity index (χ0v) is 15.4. The van der Waals surface area contributed by atoms with Crippen LogP contribution in [0.3, 0.4) is 0 Å². The Kier molecular flexibility index (Phi) is 4.81. The summed E-state index contributed by atoms with van der Waals surface area (Å²) in [5, 5.41) is 10.6. The lowest BCUT2D eigenvalue weighted by atomic mass is 10.0. The number of carbonyl (C=O) groups is 1. The molecule has 0 radical (unpaired) electrons. The van der Waals surface area contributed by atoms with Crippen molar-refractivity contribution in [2.24, 2.45) is 0 Å². The summed E-state index contributed by atoms with van der Waals surface area (Å²) in [6, 6.07) is 28.1. The Hall–Kier alpha value is -3.24. The minimum Gasteiger partial charge on any atom is -0.332 e. The molecule has 0 aliphatic carbocycles. The third-order valence-electron chi connectivity index (χ3n) is 4.52. The highest BCUT2D eigenvalue weighted by molar-refractivity contribution is 7.80. The van der Waals surface area contributed by atoms with E-state index in [0.717, 1.165) is 32.8 Å². The molecule has 4 heteroatoms. The van der Waals surface area contributed by atoms with Gasteiger partial charge < -0.3 is 10.6 Å². The van der Waals surface area contributed by atoms with Gasteiger partial charge in [-0.25, -0.2) is 0 Å². The summed E-state index contributed by atoms with van der Waals surface area (Å²) in [4.78, 5) is 12.5. The normalized spacial score (nSPS) is 10.7. The zero-order chi connectivity index (χ0) is 18.6. The lowest BCUT2D eigenvalue weighted by molar-refractivity contribution is -0.119. The number of fused-ring (bicyclic) bond motifs is 2. The maximum Gasteiger partial charge on any atom is 0.230 e. The van der Waals surface area contributed by atoms with Gasteiger partial charge in [-0.05, 0) is 40.0 Å². The van der Waals surface area contributed by atoms with Crippen LogP contribution < -0.4 is 10.6 Å². The van der Waals surface area contributed by atoms with Gasteiger partial charge in [0.15, 0.2) is 5.11 Å². The molecule has 132 valence electrons. The van der Waals surface area contributed by atoms with E-state index in [1.54, 1.807) is 0 Å². The summed E-state index contributed by atoms with van der Waals surface area (Å²) in [5.74, 6) is -0.135. The van der Waals surface area contributed by atoms with E-state index in [1.165, 1.54) is 0 Å². The van der Waals surface area contributed by atoms with Crippen molar-refractivity contribution in [1.29, 1.82) is 0 Å². The number of thiocarbonyl (C=S) groups is 1. The van der Waals surface area contributed by atoms with Crippen LogP contribution in [0.5, 0.6) is 0 Å². The Morgan fingerprint density at radius 1 is 0.741 bits per heavy atom. The van der Waals surface area contributed by atoms with E-state index >= 15 is 0 Å². The second-order valence-electron chi connectivity index (χ2n) is 6.34. The lowest BCUT2D eigenvalue weighted by Crippen LogP contribution is -2.35. The number of anilines is 1. The largest absolute Gasteiger partial charge is 0.332 e. The van der Waals surface area contributed by atoms with Crippen LogP contribution in [0.4, 0.5) is 5.69 Å². The highest BCUT2D eigenvalue weighted by atomic mass is 32.1. The first-order chi connectivity index (χ1) is 13.2. The highest BCUT2D eigenvalue weighted by Gasteiger charge is 2.09. The Balaban J connectivity index is 1.47. The summed E-state index contributed by atoms with van der Waals surface area (Å²) in [6.07, 6.45) is 0.276. The van der Waals surface area contributed by atoms with Gasteiger partial charge in [-0.3, -0.25) is 4.79 Å². The molecule has 0 fully saturated rings. The van der Waals surface area contributed by atoms with E-state index in [-0.39, 0.29) is 12.3 Å². The molecule has 0 atom stereocenters. The minimum atomic E-state index is -0.135. The third kappa shape index (κ3) is 3.81. The Morgan fingerprint density at radius 3 is 2.11 bits per heavy atom. The first kappa shape index (κ1) is 17.2. The highest BCUT2D eigenvalue weighted by Crippen LogP contribution is 2.23. The van der Waals surface area contributed by atoms with Crippen molar-refractivity contribution in [3.63, 3.8) is 0 Å². The second-order valence-corrected chi connectivity index (χ2v) is 6.75. The van der Waals surface area contributed by atoms with Crippen LogP contribution in [0.25, 0.3) is 21.5 Å². The molecule has 3 nitrogen and oxygen atoms in total. The zero-order valence-electron chi connectivity index (χ0n) is 14.6. The summed E-state index contributed by atoms with van der Waals surface area (Å²) in [5.41, 5.74) is 1.86. The van der Waals surface area contributed by atoms with E-state index in [0.29, 0.717) is 5.11 Å². The van der Waals surface area contributed by atoms with Crippen molar-refractivity contribution < 1.29 is 4.79 Å². The van der Waals surface area contributed by atoms with Crippen LogP contribution in [0.15, 0.2) is 84.9 Å². The van der Waals surface area contributed by atoms with Gasteiger partial charge in [-0.2, -0.15) is 0 Å². The van der Waals surface area contributed by atoms with Crippen molar-refractivity contribution in [2.75, 3.05) is 5.32 Å². The Bertz CT molecular complexity index is 1050. The van der Waals surface area contributed by atoms with Gasteiger partial charge in [-0.1, -0.05) is 78.9 Å². The van der Waals surface area contributed by atoms with Gasteiger partial charge in [-0.15, -0.1) is 0 Å². The van der Waals surface area contributed by atoms with Crippen molar-refractivity contribution in [2.45, 2.75) is 6.42 Å². The maximum atomic E-state index is 12.5. The smallest absolute Gasteiger partial charge is 0.230 e. The van der Waals surface area contributed by atoms with Crippen molar-refractivity contribution in [3.8, 4) is 0 Å². The molecule has 0 unspecified atom stereocenters. The molecule has 4 rings (SSSR count). The average Bonchev–Trinajstić information content (AvgIpc) is 2.68. The summed E-state index contributed by atoms with van der Waals surface area (Å²) < 4.78 is 0. The van der Waals surface area contributed by atoms with Crippen LogP contribution in [-0.2, 0) is 11.2 Å². The fourth-order valence-corrected chi connectivity index (χ4v) is 3.50. The quantitative estimate of drug-likeness (QED) is 0.496. The van der Waals surface area contributed by atoms with Crippen LogP contribution in [0, 0.1) is 0 Å². The van der Waals surface area contributed by atoms with Gasteiger partial charge >= 0.3 is 0 Å². The van der Waals surface area contributed by atoms with Gasteiger partial charge in [0.05, 0.1) is 6.42 Å². The predicted molar refractivity (Wildman–Crippen MR) is 116 cm³/mol. The monoisotopic (exact) mass is 370 g/mol. The van der Waals surface area contributed by atoms with E-state index in [4.69, 9.17) is 12.2 Å². The Labute approximate surface area is 163 Å². The molecule has 0 heterocycles. The number of benzene rings is 4. The number of carbonyl (C=O) groups excluding carboxylic acids is 1. The molecule has 0 bridgehead atoms. The molecule has 0 spiro atoms. The maximum absolute atomic E-state index is 12.5. The van der Waals surface area contributed by atoms with Crippen LogP contribution in [0.2, 0.25) is 0 Å². The van der Waals surface area contributed by atoms with Gasteiger partial charge in [0.2, 0.25) is 5.91 Å². The van der Waals surface area contributed by atoms with Crippen molar-refractivity contribution >= 4 is 50.5 Å². The number of hydrogen-bond acceptors (Lipinski definition) is 2. The molecular weight excluding hydrogens is 352 g/mol. The first-order valence-corrected chi connectivity index (χ1v) is 9.17. The fraction of sp³-hybridized carbons (Fsp3) is 0.0435.